The quantitative estimate of drug-likeness (QED) is 0.732. The monoisotopic (exact) mass is 432 g/mol. The number of anilines is 1. The van der Waals surface area contributed by atoms with Crippen LogP contribution in [0.25, 0.3) is 0 Å². The second-order valence-electron chi connectivity index (χ2n) is 7.19. The number of amides is 2. The Bertz CT molecular complexity index is 1020. The van der Waals surface area contributed by atoms with Crippen LogP contribution in [0.1, 0.15) is 24.5 Å². The van der Waals surface area contributed by atoms with Gasteiger partial charge in [-0.3, -0.25) is 9.59 Å². The normalized spacial score (nSPS) is 16.5. The zero-order valence-corrected chi connectivity index (χ0v) is 18.0. The van der Waals surface area contributed by atoms with E-state index in [4.69, 9.17) is 0 Å². The molecule has 6 nitrogen and oxygen atoms in total. The molecule has 0 saturated heterocycles. The predicted octanol–water partition coefficient (Wildman–Crippen LogP) is 3.16. The maximum absolute atomic E-state index is 12.7. The standard InChI is InChI=1S/C21H24N2O4S2/c1-14-3-5-16(6-4-14)12-22-20(24)9-10-29(26,27)17-7-8-19-18(11-17)23-21(25)15(2)13-28-19/h3-8,11,15H,9-10,12-13H2,1-2H3,(H,22,24)(H,23,25). The third-order valence-corrected chi connectivity index (χ3v) is 7.76. The molecule has 1 aliphatic rings. The van der Waals surface area contributed by atoms with Crippen LogP contribution in [0.3, 0.4) is 0 Å². The molecule has 2 aromatic rings. The molecule has 3 rings (SSSR count). The Morgan fingerprint density at radius 3 is 2.66 bits per heavy atom. The zero-order valence-electron chi connectivity index (χ0n) is 16.4. The summed E-state index contributed by atoms with van der Waals surface area (Å²) >= 11 is 1.52. The average molecular weight is 433 g/mol. The number of hydrogen-bond acceptors (Lipinski definition) is 5. The van der Waals surface area contributed by atoms with Crippen molar-refractivity contribution in [1.82, 2.24) is 5.32 Å². The van der Waals surface area contributed by atoms with E-state index in [1.54, 1.807) is 6.07 Å². The topological polar surface area (TPSA) is 92.3 Å². The summed E-state index contributed by atoms with van der Waals surface area (Å²) in [4.78, 5) is 25.1. The lowest BCUT2D eigenvalue weighted by Gasteiger charge is -2.10. The Morgan fingerprint density at radius 1 is 1.21 bits per heavy atom. The van der Waals surface area contributed by atoms with E-state index in [2.05, 4.69) is 10.6 Å². The Kier molecular flexibility index (Phi) is 6.64. The van der Waals surface area contributed by atoms with Crippen LogP contribution in [-0.4, -0.2) is 31.7 Å². The minimum absolute atomic E-state index is 0.109. The first-order chi connectivity index (χ1) is 13.7. The van der Waals surface area contributed by atoms with Crippen molar-refractivity contribution in [1.29, 1.82) is 0 Å². The predicted molar refractivity (Wildman–Crippen MR) is 115 cm³/mol. The third-order valence-electron chi connectivity index (χ3n) is 4.71. The van der Waals surface area contributed by atoms with Crippen molar-refractivity contribution in [2.75, 3.05) is 16.8 Å². The largest absolute Gasteiger partial charge is 0.352 e. The Balaban J connectivity index is 1.61. The number of carbonyl (C=O) groups is 2. The van der Waals surface area contributed by atoms with E-state index in [-0.39, 0.29) is 34.8 Å². The van der Waals surface area contributed by atoms with Gasteiger partial charge >= 0.3 is 0 Å². The summed E-state index contributed by atoms with van der Waals surface area (Å²) in [6.07, 6.45) is -0.122. The summed E-state index contributed by atoms with van der Waals surface area (Å²) in [6.45, 7) is 4.18. The van der Waals surface area contributed by atoms with Crippen molar-refractivity contribution in [3.63, 3.8) is 0 Å². The minimum Gasteiger partial charge on any atom is -0.352 e. The molecule has 2 aromatic carbocycles. The van der Waals surface area contributed by atoms with Gasteiger partial charge in [-0.05, 0) is 30.7 Å². The van der Waals surface area contributed by atoms with Crippen molar-refractivity contribution in [3.8, 4) is 0 Å². The first-order valence-corrected chi connectivity index (χ1v) is 12.0. The van der Waals surface area contributed by atoms with Gasteiger partial charge in [0.15, 0.2) is 9.84 Å². The van der Waals surface area contributed by atoms with Gasteiger partial charge in [0.25, 0.3) is 0 Å². The zero-order chi connectivity index (χ0) is 21.0. The molecule has 0 aliphatic carbocycles. The first-order valence-electron chi connectivity index (χ1n) is 9.37. The fourth-order valence-corrected chi connectivity index (χ4v) is 5.09. The highest BCUT2D eigenvalue weighted by Gasteiger charge is 2.23. The molecule has 1 aliphatic heterocycles. The van der Waals surface area contributed by atoms with Crippen LogP contribution in [-0.2, 0) is 26.0 Å². The van der Waals surface area contributed by atoms with Crippen LogP contribution in [0.15, 0.2) is 52.3 Å². The van der Waals surface area contributed by atoms with Gasteiger partial charge in [0.2, 0.25) is 11.8 Å². The molecule has 0 spiro atoms. The maximum atomic E-state index is 12.7. The smallest absolute Gasteiger partial charge is 0.228 e. The Labute approximate surface area is 175 Å². The third kappa shape index (κ3) is 5.61. The van der Waals surface area contributed by atoms with Crippen LogP contribution >= 0.6 is 11.8 Å². The van der Waals surface area contributed by atoms with E-state index < -0.39 is 9.84 Å². The van der Waals surface area contributed by atoms with Crippen LogP contribution in [0, 0.1) is 12.8 Å². The van der Waals surface area contributed by atoms with E-state index in [1.807, 2.05) is 38.1 Å². The Hall–Kier alpha value is -2.32. The number of benzene rings is 2. The maximum Gasteiger partial charge on any atom is 0.228 e. The minimum atomic E-state index is -3.64. The van der Waals surface area contributed by atoms with Crippen molar-refractivity contribution in [2.24, 2.45) is 5.92 Å². The van der Waals surface area contributed by atoms with Gasteiger partial charge in [-0.15, -0.1) is 11.8 Å². The van der Waals surface area contributed by atoms with Gasteiger partial charge in [-0.1, -0.05) is 36.8 Å². The van der Waals surface area contributed by atoms with Crippen LogP contribution < -0.4 is 10.6 Å². The molecule has 8 heteroatoms. The molecule has 2 N–H and O–H groups in total. The van der Waals surface area contributed by atoms with Crippen molar-refractivity contribution < 1.29 is 18.0 Å². The van der Waals surface area contributed by atoms with Gasteiger partial charge in [0, 0.05) is 29.5 Å². The number of carbonyl (C=O) groups excluding carboxylic acids is 2. The van der Waals surface area contributed by atoms with Gasteiger partial charge in [-0.2, -0.15) is 0 Å². The molecule has 0 saturated carbocycles. The SMILES string of the molecule is Cc1ccc(CNC(=O)CCS(=O)(=O)c2ccc3c(c2)NC(=O)C(C)CS3)cc1. The first kappa shape index (κ1) is 21.4. The highest BCUT2D eigenvalue weighted by atomic mass is 32.2. The molecule has 0 radical (unpaired) electrons. The van der Waals surface area contributed by atoms with E-state index in [1.165, 1.54) is 23.9 Å². The molecule has 0 aromatic heterocycles. The highest BCUT2D eigenvalue weighted by molar-refractivity contribution is 7.99. The van der Waals surface area contributed by atoms with Crippen LogP contribution in [0.5, 0.6) is 0 Å². The van der Waals surface area contributed by atoms with Gasteiger partial charge in [-0.25, -0.2) is 8.42 Å². The molecule has 1 heterocycles. The Morgan fingerprint density at radius 2 is 1.93 bits per heavy atom. The summed E-state index contributed by atoms with van der Waals surface area (Å²) in [5.74, 6) is -0.234. The van der Waals surface area contributed by atoms with Crippen LogP contribution in [0.2, 0.25) is 0 Å². The number of aryl methyl sites for hydroxylation is 1. The summed E-state index contributed by atoms with van der Waals surface area (Å²) < 4.78 is 25.3. The number of sulfone groups is 1. The number of nitrogens with one attached hydrogen (secondary N) is 2. The second-order valence-corrected chi connectivity index (χ2v) is 10.4. The molecule has 1 atom stereocenters. The molecule has 0 bridgehead atoms. The average Bonchev–Trinajstić information content (AvgIpc) is 2.84. The molecule has 2 amide bonds. The lowest BCUT2D eigenvalue weighted by atomic mass is 10.1. The number of fused-ring (bicyclic) bond motifs is 1. The number of hydrogen-bond donors (Lipinski definition) is 2. The molecule has 1 unspecified atom stereocenters. The fraction of sp³-hybridized carbons (Fsp3) is 0.333. The summed E-state index contributed by atoms with van der Waals surface area (Å²) in [6, 6.07) is 12.5. The van der Waals surface area contributed by atoms with Crippen molar-refractivity contribution >= 4 is 39.1 Å². The summed E-state index contributed by atoms with van der Waals surface area (Å²) in [5, 5.41) is 5.54. The highest BCUT2D eigenvalue weighted by Crippen LogP contribution is 2.34. The fourth-order valence-electron chi connectivity index (χ4n) is 2.81. The van der Waals surface area contributed by atoms with E-state index in [0.717, 1.165) is 16.0 Å². The second kappa shape index (κ2) is 9.00. The molecule has 154 valence electrons. The van der Waals surface area contributed by atoms with Crippen LogP contribution in [0.4, 0.5) is 5.69 Å². The van der Waals surface area contributed by atoms with Gasteiger partial charge in [0.1, 0.15) is 0 Å². The summed E-state index contributed by atoms with van der Waals surface area (Å²) in [7, 11) is -3.64. The van der Waals surface area contributed by atoms with E-state index in [0.29, 0.717) is 18.0 Å². The summed E-state index contributed by atoms with van der Waals surface area (Å²) in [5.41, 5.74) is 2.60. The van der Waals surface area contributed by atoms with E-state index in [9.17, 15) is 18.0 Å². The van der Waals surface area contributed by atoms with E-state index >= 15 is 0 Å². The lowest BCUT2D eigenvalue weighted by Crippen LogP contribution is -2.25. The number of rotatable bonds is 6. The number of thioether (sulfide) groups is 1. The lowest BCUT2D eigenvalue weighted by molar-refractivity contribution is -0.121. The molecule has 29 heavy (non-hydrogen) atoms. The van der Waals surface area contributed by atoms with Gasteiger partial charge in [0.05, 0.1) is 16.3 Å². The van der Waals surface area contributed by atoms with Gasteiger partial charge < -0.3 is 10.6 Å². The molecular formula is C21H24N2O4S2. The molecule has 0 fully saturated rings. The van der Waals surface area contributed by atoms with Crippen molar-refractivity contribution in [3.05, 3.63) is 53.6 Å². The van der Waals surface area contributed by atoms with Crippen molar-refractivity contribution in [2.45, 2.75) is 36.6 Å². The molecular weight excluding hydrogens is 408 g/mol.